The third-order valence-corrected chi connectivity index (χ3v) is 3.77. The highest BCUT2D eigenvalue weighted by molar-refractivity contribution is 5.76. The molecule has 0 spiro atoms. The van der Waals surface area contributed by atoms with Gasteiger partial charge in [-0.2, -0.15) is 0 Å². The summed E-state index contributed by atoms with van der Waals surface area (Å²) in [6, 6.07) is 0. The first-order chi connectivity index (χ1) is 7.50. The van der Waals surface area contributed by atoms with Gasteiger partial charge in [0, 0.05) is 12.1 Å². The maximum Gasteiger partial charge on any atom is 0.245 e. The number of amides is 1. The average Bonchev–Trinajstić information content (AvgIpc) is 2.25. The van der Waals surface area contributed by atoms with Crippen molar-refractivity contribution in [2.24, 2.45) is 5.92 Å². The number of carbonyl (C=O) groups excluding carboxylic acids is 1. The van der Waals surface area contributed by atoms with Crippen LogP contribution in [-0.4, -0.2) is 48.7 Å². The highest BCUT2D eigenvalue weighted by Crippen LogP contribution is 2.35. The Morgan fingerprint density at radius 1 is 1.56 bits per heavy atom. The van der Waals surface area contributed by atoms with E-state index in [9.17, 15) is 4.79 Å². The molecule has 1 saturated carbocycles. The minimum Gasteiger partial charge on any atom is -0.387 e. The Bertz CT molecular complexity index is 243. The first-order valence-corrected chi connectivity index (χ1v) is 6.05. The summed E-state index contributed by atoms with van der Waals surface area (Å²) < 4.78 is 0. The van der Waals surface area contributed by atoms with Gasteiger partial charge in [0.1, 0.15) is 6.61 Å². The van der Waals surface area contributed by atoms with E-state index in [1.54, 1.807) is 0 Å². The van der Waals surface area contributed by atoms with Crippen molar-refractivity contribution in [1.29, 1.82) is 0 Å². The number of aliphatic hydroxyl groups is 1. The maximum atomic E-state index is 11.1. The molecule has 16 heavy (non-hydrogen) atoms. The maximum absolute atomic E-state index is 11.1. The Hall–Kier alpha value is -0.610. The van der Waals surface area contributed by atoms with Crippen LogP contribution in [0, 0.1) is 5.92 Å². The van der Waals surface area contributed by atoms with Gasteiger partial charge in [-0.05, 0) is 32.9 Å². The van der Waals surface area contributed by atoms with Crippen LogP contribution in [0.5, 0.6) is 0 Å². The molecule has 0 saturated heterocycles. The summed E-state index contributed by atoms with van der Waals surface area (Å²) in [6.07, 6.45) is 4.74. The van der Waals surface area contributed by atoms with Gasteiger partial charge < -0.3 is 15.3 Å². The van der Waals surface area contributed by atoms with Crippen molar-refractivity contribution in [3.8, 4) is 0 Å². The van der Waals surface area contributed by atoms with Crippen LogP contribution in [0.25, 0.3) is 0 Å². The van der Waals surface area contributed by atoms with Gasteiger partial charge in [-0.15, -0.1) is 0 Å². The van der Waals surface area contributed by atoms with Crippen molar-refractivity contribution in [3.05, 3.63) is 0 Å². The van der Waals surface area contributed by atoms with E-state index in [1.165, 1.54) is 12.8 Å². The minimum absolute atomic E-state index is 0.0719. The highest BCUT2D eigenvalue weighted by atomic mass is 16.3. The third kappa shape index (κ3) is 3.19. The Balaban J connectivity index is 2.61. The molecule has 2 N–H and O–H groups in total. The van der Waals surface area contributed by atoms with E-state index < -0.39 is 6.61 Å². The number of nitrogens with one attached hydrogen (secondary N) is 1. The first-order valence-electron chi connectivity index (χ1n) is 6.05. The number of hydrogen-bond acceptors (Lipinski definition) is 3. The van der Waals surface area contributed by atoms with Crippen molar-refractivity contribution >= 4 is 5.91 Å². The van der Waals surface area contributed by atoms with Gasteiger partial charge in [0.2, 0.25) is 5.91 Å². The van der Waals surface area contributed by atoms with Gasteiger partial charge in [0.05, 0.1) is 0 Å². The minimum atomic E-state index is -0.418. The lowest BCUT2D eigenvalue weighted by atomic mass is 9.75. The first kappa shape index (κ1) is 13.5. The Kier molecular flexibility index (Phi) is 4.74. The van der Waals surface area contributed by atoms with Crippen LogP contribution in [0.2, 0.25) is 0 Å². The zero-order valence-corrected chi connectivity index (χ0v) is 10.6. The molecule has 0 aromatic heterocycles. The normalized spacial score (nSPS) is 30.4. The number of aliphatic hydroxyl groups excluding tert-OH is 1. The SMILES string of the molecule is CC1CCCC(CNC(=O)CO)(N(C)C)C1. The second-order valence-electron chi connectivity index (χ2n) is 5.26. The largest absolute Gasteiger partial charge is 0.387 e. The fraction of sp³-hybridized carbons (Fsp3) is 0.917. The van der Waals surface area contributed by atoms with E-state index in [0.29, 0.717) is 12.5 Å². The molecule has 94 valence electrons. The molecule has 4 nitrogen and oxygen atoms in total. The monoisotopic (exact) mass is 228 g/mol. The van der Waals surface area contributed by atoms with E-state index in [4.69, 9.17) is 5.11 Å². The van der Waals surface area contributed by atoms with Crippen molar-refractivity contribution < 1.29 is 9.90 Å². The van der Waals surface area contributed by atoms with Crippen molar-refractivity contribution in [2.75, 3.05) is 27.2 Å². The predicted octanol–water partition coefficient (Wildman–Crippen LogP) is 0.605. The molecule has 1 amide bonds. The van der Waals surface area contributed by atoms with E-state index in [1.807, 2.05) is 0 Å². The van der Waals surface area contributed by atoms with Gasteiger partial charge in [0.15, 0.2) is 0 Å². The summed E-state index contributed by atoms with van der Waals surface area (Å²) >= 11 is 0. The van der Waals surface area contributed by atoms with E-state index in [0.717, 1.165) is 12.8 Å². The topological polar surface area (TPSA) is 52.6 Å². The van der Waals surface area contributed by atoms with Crippen LogP contribution in [0.4, 0.5) is 0 Å². The molecule has 1 aliphatic carbocycles. The van der Waals surface area contributed by atoms with E-state index in [2.05, 4.69) is 31.2 Å². The molecule has 0 bridgehead atoms. The third-order valence-electron chi connectivity index (χ3n) is 3.77. The molecule has 2 atom stereocenters. The molecular weight excluding hydrogens is 204 g/mol. The standard InChI is InChI=1S/C12H24N2O2/c1-10-5-4-6-12(7-10,14(2)3)9-13-11(16)8-15/h10,15H,4-9H2,1-3H3,(H,13,16). The van der Waals surface area contributed by atoms with Crippen LogP contribution in [0.1, 0.15) is 32.6 Å². The van der Waals surface area contributed by atoms with Crippen molar-refractivity contribution in [1.82, 2.24) is 10.2 Å². The van der Waals surface area contributed by atoms with Crippen LogP contribution >= 0.6 is 0 Å². The number of rotatable bonds is 4. The zero-order valence-electron chi connectivity index (χ0n) is 10.6. The quantitative estimate of drug-likeness (QED) is 0.741. The predicted molar refractivity (Wildman–Crippen MR) is 64.1 cm³/mol. The van der Waals surface area contributed by atoms with E-state index >= 15 is 0 Å². The molecule has 1 aliphatic rings. The molecule has 0 aromatic rings. The lowest BCUT2D eigenvalue weighted by molar-refractivity contribution is -0.124. The highest BCUT2D eigenvalue weighted by Gasteiger charge is 2.36. The molecular formula is C12H24N2O2. The van der Waals surface area contributed by atoms with Crippen LogP contribution < -0.4 is 5.32 Å². The van der Waals surface area contributed by atoms with Gasteiger partial charge in [-0.25, -0.2) is 0 Å². The smallest absolute Gasteiger partial charge is 0.245 e. The molecule has 0 aliphatic heterocycles. The molecule has 0 radical (unpaired) electrons. The lowest BCUT2D eigenvalue weighted by Crippen LogP contribution is -2.55. The van der Waals surface area contributed by atoms with Crippen LogP contribution in [-0.2, 0) is 4.79 Å². The summed E-state index contributed by atoms with van der Waals surface area (Å²) in [5.74, 6) is 0.432. The average molecular weight is 228 g/mol. The fourth-order valence-corrected chi connectivity index (χ4v) is 2.68. The number of carbonyl (C=O) groups is 1. The van der Waals surface area contributed by atoms with Crippen LogP contribution in [0.3, 0.4) is 0 Å². The van der Waals surface area contributed by atoms with Gasteiger partial charge in [0.25, 0.3) is 0 Å². The number of likely N-dealkylation sites (N-methyl/N-ethyl adjacent to an activating group) is 1. The van der Waals surface area contributed by atoms with E-state index in [-0.39, 0.29) is 11.4 Å². The van der Waals surface area contributed by atoms with Gasteiger partial charge in [-0.1, -0.05) is 19.8 Å². The van der Waals surface area contributed by atoms with Crippen LogP contribution in [0.15, 0.2) is 0 Å². The molecule has 1 rings (SSSR count). The lowest BCUT2D eigenvalue weighted by Gasteiger charge is -2.45. The number of hydrogen-bond donors (Lipinski definition) is 2. The summed E-state index contributed by atoms with van der Waals surface area (Å²) in [5.41, 5.74) is 0.0719. The second-order valence-corrected chi connectivity index (χ2v) is 5.26. The molecule has 0 heterocycles. The fourth-order valence-electron chi connectivity index (χ4n) is 2.68. The van der Waals surface area contributed by atoms with Gasteiger partial charge >= 0.3 is 0 Å². The van der Waals surface area contributed by atoms with Crippen molar-refractivity contribution in [2.45, 2.75) is 38.1 Å². The zero-order chi connectivity index (χ0) is 12.2. The number of nitrogens with zero attached hydrogens (tertiary/aromatic N) is 1. The second kappa shape index (κ2) is 5.64. The molecule has 2 unspecified atom stereocenters. The summed E-state index contributed by atoms with van der Waals surface area (Å²) in [5, 5.41) is 11.5. The molecule has 1 fully saturated rings. The van der Waals surface area contributed by atoms with Crippen molar-refractivity contribution in [3.63, 3.8) is 0 Å². The Morgan fingerprint density at radius 2 is 2.25 bits per heavy atom. The molecule has 4 heteroatoms. The summed E-state index contributed by atoms with van der Waals surface area (Å²) in [7, 11) is 4.15. The van der Waals surface area contributed by atoms with Gasteiger partial charge in [-0.3, -0.25) is 4.79 Å². The Labute approximate surface area is 98.0 Å². The summed E-state index contributed by atoms with van der Waals surface area (Å²) in [6.45, 7) is 2.49. The molecule has 0 aromatic carbocycles. The summed E-state index contributed by atoms with van der Waals surface area (Å²) in [4.78, 5) is 13.3. The Morgan fingerprint density at radius 3 is 2.75 bits per heavy atom.